The van der Waals surface area contributed by atoms with Gasteiger partial charge in [-0.2, -0.15) is 0 Å². The number of ether oxygens (including phenoxy) is 2. The van der Waals surface area contributed by atoms with Crippen molar-refractivity contribution in [2.24, 2.45) is 11.3 Å². The minimum atomic E-state index is -0.465. The van der Waals surface area contributed by atoms with Crippen molar-refractivity contribution in [2.45, 2.75) is 46.1 Å². The first-order chi connectivity index (χ1) is 13.8. The molecular weight excluding hydrogens is 410 g/mol. The van der Waals surface area contributed by atoms with Crippen LogP contribution in [0.2, 0.25) is 5.02 Å². The van der Waals surface area contributed by atoms with Crippen molar-refractivity contribution in [3.8, 4) is 10.8 Å². The Kier molecular flexibility index (Phi) is 5.53. The molecule has 156 valence electrons. The number of aryl methyl sites for hydroxylation is 1. The van der Waals surface area contributed by atoms with Crippen molar-refractivity contribution in [3.63, 3.8) is 0 Å². The van der Waals surface area contributed by atoms with Crippen molar-refractivity contribution in [1.82, 2.24) is 5.32 Å². The lowest BCUT2D eigenvalue weighted by Gasteiger charge is -2.11. The average molecular weight is 436 g/mol. The quantitative estimate of drug-likeness (QED) is 0.597. The number of hydrogen-bond acceptors (Lipinski definition) is 5. The third-order valence-corrected chi connectivity index (χ3v) is 7.58. The lowest BCUT2D eigenvalue weighted by molar-refractivity contribution is 0.201. The Hall–Kier alpha value is -1.76. The molecule has 29 heavy (non-hydrogen) atoms. The highest BCUT2D eigenvalue weighted by molar-refractivity contribution is 7.14. The van der Waals surface area contributed by atoms with Crippen LogP contribution in [0.4, 0.5) is 4.79 Å². The minimum Gasteiger partial charge on any atom is -0.493 e. The molecule has 0 radical (unpaired) electrons. The Bertz CT molecular complexity index is 939. The number of rotatable bonds is 7. The SMILES string of the molecule is Cc1sc(OC(=O)NCc2ccc(OCCCO)cc2Cl)c2c1[C@H]1[C@@H](C2)C1(C)C. The lowest BCUT2D eigenvalue weighted by Crippen LogP contribution is -2.26. The third-order valence-electron chi connectivity index (χ3n) is 6.19. The number of aliphatic hydroxyl groups is 1. The molecule has 2 atom stereocenters. The fourth-order valence-corrected chi connectivity index (χ4v) is 5.79. The Morgan fingerprint density at radius 2 is 2.21 bits per heavy atom. The number of aliphatic hydroxyl groups excluding tert-OH is 1. The standard InChI is InChI=1S/C22H26ClNO4S/c1-12-18-15(10-16-19(18)22(16,2)3)20(29-12)28-21(26)24-11-13-5-6-14(9-17(13)23)27-8-4-7-25/h5-6,9,16,19,25H,4,7-8,10-11H2,1-3H3,(H,24,26)/t16-,19-/m1/s1. The summed E-state index contributed by atoms with van der Waals surface area (Å²) in [7, 11) is 0. The summed E-state index contributed by atoms with van der Waals surface area (Å²) >= 11 is 7.86. The first kappa shape index (κ1) is 20.5. The first-order valence-corrected chi connectivity index (χ1v) is 11.1. The summed E-state index contributed by atoms with van der Waals surface area (Å²) in [5, 5.41) is 12.8. The smallest absolute Gasteiger partial charge is 0.413 e. The maximum Gasteiger partial charge on any atom is 0.413 e. The molecule has 1 saturated carbocycles. The Balaban J connectivity index is 1.34. The molecule has 1 aromatic carbocycles. The van der Waals surface area contributed by atoms with E-state index in [-0.39, 0.29) is 13.2 Å². The molecule has 1 fully saturated rings. The van der Waals surface area contributed by atoms with Gasteiger partial charge in [0.15, 0.2) is 5.06 Å². The Labute approximate surface area is 180 Å². The fourth-order valence-electron chi connectivity index (χ4n) is 4.48. The summed E-state index contributed by atoms with van der Waals surface area (Å²) in [6, 6.07) is 5.33. The average Bonchev–Trinajstić information content (AvgIpc) is 2.99. The van der Waals surface area contributed by atoms with Gasteiger partial charge in [0, 0.05) is 35.0 Å². The van der Waals surface area contributed by atoms with E-state index in [4.69, 9.17) is 26.2 Å². The first-order valence-electron chi connectivity index (χ1n) is 9.92. The predicted molar refractivity (Wildman–Crippen MR) is 114 cm³/mol. The molecule has 1 amide bonds. The number of halogens is 1. The van der Waals surface area contributed by atoms with Crippen LogP contribution in [-0.2, 0) is 13.0 Å². The Morgan fingerprint density at radius 1 is 1.41 bits per heavy atom. The summed E-state index contributed by atoms with van der Waals surface area (Å²) in [5.41, 5.74) is 3.80. The second kappa shape index (κ2) is 7.82. The molecule has 2 aliphatic carbocycles. The van der Waals surface area contributed by atoms with E-state index >= 15 is 0 Å². The largest absolute Gasteiger partial charge is 0.493 e. The number of carbonyl (C=O) groups is 1. The molecule has 1 heterocycles. The summed E-state index contributed by atoms with van der Waals surface area (Å²) in [5.74, 6) is 1.94. The molecule has 0 unspecified atom stereocenters. The highest BCUT2D eigenvalue weighted by Gasteiger charge is 2.63. The van der Waals surface area contributed by atoms with Gasteiger partial charge < -0.3 is 19.9 Å². The van der Waals surface area contributed by atoms with Crippen LogP contribution >= 0.6 is 22.9 Å². The van der Waals surface area contributed by atoms with Gasteiger partial charge in [0.25, 0.3) is 0 Å². The molecule has 5 nitrogen and oxygen atoms in total. The van der Waals surface area contributed by atoms with Crippen LogP contribution in [-0.4, -0.2) is 24.4 Å². The molecule has 4 rings (SSSR count). The van der Waals surface area contributed by atoms with Gasteiger partial charge in [0.05, 0.1) is 6.61 Å². The Morgan fingerprint density at radius 3 is 2.93 bits per heavy atom. The summed E-state index contributed by atoms with van der Waals surface area (Å²) in [6.45, 7) is 7.56. The number of carbonyl (C=O) groups excluding carboxylic acids is 1. The van der Waals surface area contributed by atoms with Crippen LogP contribution < -0.4 is 14.8 Å². The van der Waals surface area contributed by atoms with E-state index < -0.39 is 6.09 Å². The molecule has 7 heteroatoms. The lowest BCUT2D eigenvalue weighted by atomic mass is 9.96. The van der Waals surface area contributed by atoms with E-state index in [2.05, 4.69) is 26.1 Å². The van der Waals surface area contributed by atoms with Crippen molar-refractivity contribution in [2.75, 3.05) is 13.2 Å². The zero-order valence-electron chi connectivity index (χ0n) is 16.9. The van der Waals surface area contributed by atoms with E-state index in [1.54, 1.807) is 23.5 Å². The number of fused-ring (bicyclic) bond motifs is 3. The molecule has 2 aromatic rings. The number of thiophene rings is 1. The van der Waals surface area contributed by atoms with E-state index in [1.807, 2.05) is 6.07 Å². The number of benzene rings is 1. The molecule has 0 aliphatic heterocycles. The topological polar surface area (TPSA) is 67.8 Å². The molecule has 0 bridgehead atoms. The van der Waals surface area contributed by atoms with E-state index in [1.165, 1.54) is 16.0 Å². The van der Waals surface area contributed by atoms with Crippen LogP contribution in [0.5, 0.6) is 10.8 Å². The second-order valence-corrected chi connectivity index (χ2v) is 9.96. The molecule has 0 saturated heterocycles. The fraction of sp³-hybridized carbons (Fsp3) is 0.500. The van der Waals surface area contributed by atoms with Crippen LogP contribution in [0.3, 0.4) is 0 Å². The predicted octanol–water partition coefficient (Wildman–Crippen LogP) is 5.06. The molecule has 2 aliphatic rings. The van der Waals surface area contributed by atoms with Gasteiger partial charge in [-0.15, -0.1) is 11.3 Å². The number of amides is 1. The second-order valence-electron chi connectivity index (χ2n) is 8.37. The highest BCUT2D eigenvalue weighted by Crippen LogP contribution is 2.72. The van der Waals surface area contributed by atoms with Gasteiger partial charge in [0.1, 0.15) is 5.75 Å². The van der Waals surface area contributed by atoms with Crippen molar-refractivity contribution in [1.29, 1.82) is 0 Å². The van der Waals surface area contributed by atoms with Crippen LogP contribution in [0.1, 0.15) is 47.8 Å². The molecule has 2 N–H and O–H groups in total. The number of nitrogens with one attached hydrogen (secondary N) is 1. The van der Waals surface area contributed by atoms with Crippen molar-refractivity contribution < 1.29 is 19.4 Å². The van der Waals surface area contributed by atoms with Gasteiger partial charge >= 0.3 is 6.09 Å². The third kappa shape index (κ3) is 3.86. The number of hydrogen-bond donors (Lipinski definition) is 2. The van der Waals surface area contributed by atoms with Crippen molar-refractivity contribution in [3.05, 3.63) is 44.8 Å². The monoisotopic (exact) mass is 435 g/mol. The van der Waals surface area contributed by atoms with E-state index in [0.29, 0.717) is 41.1 Å². The maximum atomic E-state index is 12.3. The molecule has 1 aromatic heterocycles. The minimum absolute atomic E-state index is 0.0872. The summed E-state index contributed by atoms with van der Waals surface area (Å²) in [4.78, 5) is 13.6. The van der Waals surface area contributed by atoms with Crippen LogP contribution in [0.15, 0.2) is 18.2 Å². The van der Waals surface area contributed by atoms with Crippen LogP contribution in [0, 0.1) is 18.3 Å². The molecule has 0 spiro atoms. The van der Waals surface area contributed by atoms with Gasteiger partial charge in [-0.3, -0.25) is 0 Å². The van der Waals surface area contributed by atoms with E-state index in [0.717, 1.165) is 17.0 Å². The zero-order valence-corrected chi connectivity index (χ0v) is 18.5. The van der Waals surface area contributed by atoms with E-state index in [9.17, 15) is 4.79 Å². The van der Waals surface area contributed by atoms with Gasteiger partial charge in [-0.25, -0.2) is 4.79 Å². The van der Waals surface area contributed by atoms with Crippen LogP contribution in [0.25, 0.3) is 0 Å². The van der Waals surface area contributed by atoms with Crippen molar-refractivity contribution >= 4 is 29.0 Å². The molecular formula is C22H26ClNO4S. The summed E-state index contributed by atoms with van der Waals surface area (Å²) in [6.07, 6.45) is 1.11. The maximum absolute atomic E-state index is 12.3. The highest BCUT2D eigenvalue weighted by atomic mass is 35.5. The van der Waals surface area contributed by atoms with Gasteiger partial charge in [-0.1, -0.05) is 31.5 Å². The normalized spacial score (nSPS) is 20.7. The zero-order chi connectivity index (χ0) is 20.8. The van der Waals surface area contributed by atoms with Gasteiger partial charge in [0.2, 0.25) is 0 Å². The summed E-state index contributed by atoms with van der Waals surface area (Å²) < 4.78 is 11.1. The van der Waals surface area contributed by atoms with Gasteiger partial charge in [-0.05, 0) is 53.9 Å².